The zero-order valence-corrected chi connectivity index (χ0v) is 13.9. The third-order valence-electron chi connectivity index (χ3n) is 6.06. The van der Waals surface area contributed by atoms with Gasteiger partial charge in [-0.05, 0) is 43.4 Å². The number of hydrogen-bond acceptors (Lipinski definition) is 4. The number of rotatable bonds is 3. The van der Waals surface area contributed by atoms with Gasteiger partial charge in [0.15, 0.2) is 6.20 Å². The summed E-state index contributed by atoms with van der Waals surface area (Å²) in [6.07, 6.45) is 4.23. The molecule has 3 aliphatic heterocycles. The molecule has 1 aromatic carbocycles. The topological polar surface area (TPSA) is 70.6 Å². The molecular formula is C19H24N2O3. The number of aromatic hydroxyl groups is 1. The molecule has 3 fully saturated rings. The highest BCUT2D eigenvalue weighted by Gasteiger charge is 2.42. The molecule has 5 nitrogen and oxygen atoms in total. The molecule has 1 aromatic heterocycles. The first-order valence-electron chi connectivity index (χ1n) is 8.85. The van der Waals surface area contributed by atoms with E-state index in [1.54, 1.807) is 18.2 Å². The van der Waals surface area contributed by atoms with Gasteiger partial charge in [0, 0.05) is 30.3 Å². The number of piperidine rings is 3. The third kappa shape index (κ3) is 2.43. The number of hydrogen-bond donors (Lipinski definition) is 2. The van der Waals surface area contributed by atoms with Crippen LogP contribution >= 0.6 is 0 Å². The molecule has 0 amide bonds. The lowest BCUT2D eigenvalue weighted by atomic mass is 9.72. The fraction of sp³-hybridized carbons (Fsp3) is 0.526. The summed E-state index contributed by atoms with van der Waals surface area (Å²) in [6.45, 7) is 4.35. The number of aliphatic hydroxyl groups excluding tert-OH is 1. The van der Waals surface area contributed by atoms with E-state index in [0.717, 1.165) is 35.7 Å². The molecule has 2 bridgehead atoms. The SMILES string of the molecule is CCC1CN2CC[C@@H]1C[C@@H]2[C@@H](O)c1cc[n+]([O-])c2ccc(O)cc12. The number of aromatic nitrogens is 1. The molecule has 3 saturated heterocycles. The monoisotopic (exact) mass is 328 g/mol. The number of phenols is 1. The van der Waals surface area contributed by atoms with E-state index >= 15 is 0 Å². The largest absolute Gasteiger partial charge is 0.618 e. The lowest BCUT2D eigenvalue weighted by molar-refractivity contribution is -0.577. The Morgan fingerprint density at radius 3 is 2.92 bits per heavy atom. The Labute approximate surface area is 141 Å². The fourth-order valence-corrected chi connectivity index (χ4v) is 4.70. The third-order valence-corrected chi connectivity index (χ3v) is 6.06. The Morgan fingerprint density at radius 2 is 2.21 bits per heavy atom. The van der Waals surface area contributed by atoms with Crippen molar-refractivity contribution >= 4 is 10.9 Å². The van der Waals surface area contributed by atoms with Crippen LogP contribution in [0.25, 0.3) is 10.9 Å². The second-order valence-corrected chi connectivity index (χ2v) is 7.26. The lowest BCUT2D eigenvalue weighted by Gasteiger charge is -2.51. The van der Waals surface area contributed by atoms with Crippen molar-refractivity contribution in [3.8, 4) is 5.75 Å². The first-order chi connectivity index (χ1) is 11.6. The van der Waals surface area contributed by atoms with Crippen LogP contribution in [0.1, 0.15) is 37.9 Å². The zero-order chi connectivity index (χ0) is 16.8. The lowest BCUT2D eigenvalue weighted by Crippen LogP contribution is -2.55. The molecule has 0 aliphatic carbocycles. The normalized spacial score (nSPS) is 30.6. The van der Waals surface area contributed by atoms with E-state index in [1.165, 1.54) is 25.1 Å². The predicted octanol–water partition coefficient (Wildman–Crippen LogP) is 2.33. The van der Waals surface area contributed by atoms with Gasteiger partial charge >= 0.3 is 0 Å². The van der Waals surface area contributed by atoms with Crippen LogP contribution in [-0.4, -0.2) is 34.2 Å². The highest BCUT2D eigenvalue weighted by atomic mass is 16.5. The summed E-state index contributed by atoms with van der Waals surface area (Å²) in [4.78, 5) is 2.41. The Morgan fingerprint density at radius 1 is 1.38 bits per heavy atom. The van der Waals surface area contributed by atoms with Crippen molar-refractivity contribution in [1.29, 1.82) is 0 Å². The van der Waals surface area contributed by atoms with E-state index in [9.17, 15) is 15.4 Å². The maximum absolute atomic E-state index is 12.0. The molecule has 2 N–H and O–H groups in total. The first-order valence-corrected chi connectivity index (χ1v) is 8.85. The van der Waals surface area contributed by atoms with E-state index in [0.29, 0.717) is 16.8 Å². The quantitative estimate of drug-likeness (QED) is 0.670. The van der Waals surface area contributed by atoms with Crippen LogP contribution in [0.5, 0.6) is 5.75 Å². The van der Waals surface area contributed by atoms with Gasteiger partial charge in [-0.25, -0.2) is 0 Å². The van der Waals surface area contributed by atoms with Gasteiger partial charge in [0.1, 0.15) is 5.75 Å². The molecule has 5 atom stereocenters. The van der Waals surface area contributed by atoms with Crippen LogP contribution in [-0.2, 0) is 0 Å². The highest BCUT2D eigenvalue weighted by molar-refractivity contribution is 5.81. The minimum Gasteiger partial charge on any atom is -0.618 e. The van der Waals surface area contributed by atoms with E-state index in [-0.39, 0.29) is 11.8 Å². The van der Waals surface area contributed by atoms with E-state index < -0.39 is 6.10 Å². The first kappa shape index (κ1) is 15.7. The van der Waals surface area contributed by atoms with Crippen molar-refractivity contribution in [1.82, 2.24) is 4.90 Å². The molecule has 24 heavy (non-hydrogen) atoms. The van der Waals surface area contributed by atoms with Crippen molar-refractivity contribution in [2.75, 3.05) is 13.1 Å². The minimum absolute atomic E-state index is 0.0969. The summed E-state index contributed by atoms with van der Waals surface area (Å²) in [6, 6.07) is 6.48. The average Bonchev–Trinajstić information content (AvgIpc) is 2.61. The zero-order valence-electron chi connectivity index (χ0n) is 13.9. The summed E-state index contributed by atoms with van der Waals surface area (Å²) in [5.74, 6) is 1.54. The van der Waals surface area contributed by atoms with Gasteiger partial charge in [-0.3, -0.25) is 4.90 Å². The number of benzene rings is 1. The average molecular weight is 328 g/mol. The molecule has 0 saturated carbocycles. The summed E-state index contributed by atoms with van der Waals surface area (Å²) >= 11 is 0. The molecule has 128 valence electrons. The second kappa shape index (κ2) is 5.90. The summed E-state index contributed by atoms with van der Waals surface area (Å²) in [5.41, 5.74) is 1.21. The number of aliphatic hydroxyl groups is 1. The second-order valence-electron chi connectivity index (χ2n) is 7.26. The van der Waals surface area contributed by atoms with Gasteiger partial charge in [0.05, 0.1) is 11.5 Å². The molecule has 2 aromatic rings. The van der Waals surface area contributed by atoms with Crippen molar-refractivity contribution in [3.05, 3.63) is 41.2 Å². The molecule has 0 spiro atoms. The molecule has 2 unspecified atom stereocenters. The summed E-state index contributed by atoms with van der Waals surface area (Å²) in [7, 11) is 0. The van der Waals surface area contributed by atoms with Crippen LogP contribution < -0.4 is 4.73 Å². The maximum Gasteiger partial charge on any atom is 0.224 e. The van der Waals surface area contributed by atoms with E-state index in [4.69, 9.17) is 0 Å². The Bertz CT molecular complexity index is 764. The number of phenolic OH excluding ortho intramolecular Hbond substituents is 1. The maximum atomic E-state index is 12.0. The van der Waals surface area contributed by atoms with Crippen molar-refractivity contribution in [2.24, 2.45) is 11.8 Å². The van der Waals surface area contributed by atoms with Crippen molar-refractivity contribution < 1.29 is 14.9 Å². The van der Waals surface area contributed by atoms with E-state index in [2.05, 4.69) is 11.8 Å². The smallest absolute Gasteiger partial charge is 0.224 e. The van der Waals surface area contributed by atoms with Crippen molar-refractivity contribution in [2.45, 2.75) is 38.3 Å². The molecular weight excluding hydrogens is 304 g/mol. The van der Waals surface area contributed by atoms with Gasteiger partial charge in [0.25, 0.3) is 0 Å². The number of pyridine rings is 1. The van der Waals surface area contributed by atoms with E-state index in [1.807, 2.05) is 0 Å². The number of fused-ring (bicyclic) bond motifs is 4. The molecule has 4 heterocycles. The Hall–Kier alpha value is -1.85. The van der Waals surface area contributed by atoms with Gasteiger partial charge < -0.3 is 15.4 Å². The van der Waals surface area contributed by atoms with Gasteiger partial charge in [-0.15, -0.1) is 0 Å². The number of nitrogens with zero attached hydrogens (tertiary/aromatic N) is 2. The minimum atomic E-state index is -0.642. The van der Waals surface area contributed by atoms with Crippen LogP contribution in [0, 0.1) is 17.0 Å². The van der Waals surface area contributed by atoms with Gasteiger partial charge in [0.2, 0.25) is 5.52 Å². The molecule has 5 rings (SSSR count). The van der Waals surface area contributed by atoms with Crippen LogP contribution in [0.2, 0.25) is 0 Å². The standard InChI is InChI=1S/C19H24N2O3/c1-2-12-11-20-7-5-13(12)9-18(20)19(23)15-6-8-21(24)17-4-3-14(22)10-16(15)17/h3-4,6,8,10,12-13,18-19,22-23H,2,5,7,9,11H2,1H3/t12?,13-,18-,19+/m1/s1. The molecule has 5 heteroatoms. The molecule has 0 radical (unpaired) electrons. The predicted molar refractivity (Wildman–Crippen MR) is 91.4 cm³/mol. The Balaban J connectivity index is 1.71. The van der Waals surface area contributed by atoms with Crippen molar-refractivity contribution in [3.63, 3.8) is 0 Å². The van der Waals surface area contributed by atoms with Crippen LogP contribution in [0.3, 0.4) is 0 Å². The fourth-order valence-electron chi connectivity index (χ4n) is 4.70. The van der Waals surface area contributed by atoms with Gasteiger partial charge in [-0.1, -0.05) is 13.3 Å². The summed E-state index contributed by atoms with van der Waals surface area (Å²) < 4.78 is 0.783. The Kier molecular flexibility index (Phi) is 3.85. The van der Waals surface area contributed by atoms with Crippen LogP contribution in [0.4, 0.5) is 0 Å². The summed E-state index contributed by atoms with van der Waals surface area (Å²) in [5, 5.41) is 33.5. The van der Waals surface area contributed by atoms with Crippen LogP contribution in [0.15, 0.2) is 30.5 Å². The highest BCUT2D eigenvalue weighted by Crippen LogP contribution is 2.42. The molecule has 3 aliphatic rings. The van der Waals surface area contributed by atoms with Gasteiger partial charge in [-0.2, -0.15) is 4.73 Å².